The highest BCUT2D eigenvalue weighted by Crippen LogP contribution is 2.22. The van der Waals surface area contributed by atoms with Crippen molar-refractivity contribution in [2.45, 2.75) is 12.5 Å². The van der Waals surface area contributed by atoms with Gasteiger partial charge in [0.25, 0.3) is 0 Å². The molecule has 5 heteroatoms. The smallest absolute Gasteiger partial charge is 0.155 e. The van der Waals surface area contributed by atoms with Crippen molar-refractivity contribution in [2.24, 2.45) is 0 Å². The van der Waals surface area contributed by atoms with Crippen LogP contribution in [0.1, 0.15) is 5.56 Å². The summed E-state index contributed by atoms with van der Waals surface area (Å²) >= 11 is 11.4. The summed E-state index contributed by atoms with van der Waals surface area (Å²) < 4.78 is 5.06. The van der Waals surface area contributed by atoms with Crippen LogP contribution in [0.3, 0.4) is 0 Å². The molecule has 0 aliphatic carbocycles. The predicted molar refractivity (Wildman–Crippen MR) is 45.5 cm³/mol. The summed E-state index contributed by atoms with van der Waals surface area (Å²) in [5.74, 6) is 0. The maximum Gasteiger partial charge on any atom is 0.155 e. The second kappa shape index (κ2) is 3.17. The number of ether oxygens (including phenoxy) is 1. The fourth-order valence-electron chi connectivity index (χ4n) is 0.962. The van der Waals surface area contributed by atoms with Crippen molar-refractivity contribution in [3.05, 3.63) is 21.9 Å². The lowest BCUT2D eigenvalue weighted by atomic mass is 10.2. The molecular formula is C7H6Cl2N2O. The molecule has 1 aromatic heterocycles. The van der Waals surface area contributed by atoms with E-state index in [1.54, 1.807) is 6.07 Å². The number of nitrogens with zero attached hydrogens (tertiary/aromatic N) is 2. The Labute approximate surface area is 79.6 Å². The van der Waals surface area contributed by atoms with Crippen LogP contribution in [0.25, 0.3) is 0 Å². The highest BCUT2D eigenvalue weighted by atomic mass is 35.5. The van der Waals surface area contributed by atoms with Crippen LogP contribution >= 0.6 is 23.2 Å². The Balaban J connectivity index is 2.21. The lowest BCUT2D eigenvalue weighted by Gasteiger charge is -1.99. The van der Waals surface area contributed by atoms with E-state index in [0.29, 0.717) is 16.4 Å². The van der Waals surface area contributed by atoms with Gasteiger partial charge in [-0.15, -0.1) is 10.2 Å². The van der Waals surface area contributed by atoms with Gasteiger partial charge in [0, 0.05) is 6.42 Å². The molecule has 0 radical (unpaired) electrons. The summed E-state index contributed by atoms with van der Waals surface area (Å²) in [5, 5.41) is 8.08. The monoisotopic (exact) mass is 204 g/mol. The number of rotatable bonds is 2. The van der Waals surface area contributed by atoms with E-state index < -0.39 is 0 Å². The van der Waals surface area contributed by atoms with E-state index in [4.69, 9.17) is 27.9 Å². The average Bonchev–Trinajstić information content (AvgIpc) is 2.81. The molecule has 1 fully saturated rings. The zero-order chi connectivity index (χ0) is 8.55. The van der Waals surface area contributed by atoms with Crippen molar-refractivity contribution in [3.8, 4) is 0 Å². The van der Waals surface area contributed by atoms with Crippen LogP contribution in [0.2, 0.25) is 10.3 Å². The highest BCUT2D eigenvalue weighted by Gasteiger charge is 2.24. The molecule has 0 N–H and O–H groups in total. The molecule has 0 spiro atoms. The quantitative estimate of drug-likeness (QED) is 0.690. The fraction of sp³-hybridized carbons (Fsp3) is 0.429. The van der Waals surface area contributed by atoms with Crippen LogP contribution in [-0.2, 0) is 11.2 Å². The van der Waals surface area contributed by atoms with Gasteiger partial charge in [0.15, 0.2) is 10.3 Å². The molecule has 2 rings (SSSR count). The van der Waals surface area contributed by atoms with Crippen LogP contribution in [0, 0.1) is 0 Å². The Bertz CT molecular complexity index is 301. The van der Waals surface area contributed by atoms with Crippen LogP contribution in [-0.4, -0.2) is 22.9 Å². The van der Waals surface area contributed by atoms with E-state index in [-0.39, 0.29) is 0 Å². The van der Waals surface area contributed by atoms with Crippen molar-refractivity contribution in [1.29, 1.82) is 0 Å². The zero-order valence-electron chi connectivity index (χ0n) is 6.13. The van der Waals surface area contributed by atoms with Gasteiger partial charge in [-0.25, -0.2) is 0 Å². The lowest BCUT2D eigenvalue weighted by Crippen LogP contribution is -1.97. The van der Waals surface area contributed by atoms with Crippen molar-refractivity contribution in [2.75, 3.05) is 6.61 Å². The van der Waals surface area contributed by atoms with Crippen molar-refractivity contribution in [3.63, 3.8) is 0 Å². The zero-order valence-corrected chi connectivity index (χ0v) is 7.64. The molecule has 1 aliphatic rings. The van der Waals surface area contributed by atoms with Crippen molar-refractivity contribution in [1.82, 2.24) is 10.2 Å². The molecule has 0 saturated carbocycles. The number of halogens is 2. The minimum Gasteiger partial charge on any atom is -0.373 e. The molecule has 3 nitrogen and oxygen atoms in total. The Morgan fingerprint density at radius 1 is 1.50 bits per heavy atom. The standard InChI is InChI=1S/C7H6Cl2N2O/c8-6-2-4(1-5-3-12-5)7(9)11-10-6/h2,5H,1,3H2. The van der Waals surface area contributed by atoms with Gasteiger partial charge in [-0.05, 0) is 11.6 Å². The molecule has 0 amide bonds. The van der Waals surface area contributed by atoms with E-state index in [1.807, 2.05) is 0 Å². The topological polar surface area (TPSA) is 38.3 Å². The number of aromatic nitrogens is 2. The van der Waals surface area contributed by atoms with Gasteiger partial charge in [0.2, 0.25) is 0 Å². The van der Waals surface area contributed by atoms with Gasteiger partial charge >= 0.3 is 0 Å². The van der Waals surface area contributed by atoms with Gasteiger partial charge in [-0.1, -0.05) is 23.2 Å². The van der Waals surface area contributed by atoms with Gasteiger partial charge < -0.3 is 4.74 Å². The molecule has 1 saturated heterocycles. The number of hydrogen-bond donors (Lipinski definition) is 0. The van der Waals surface area contributed by atoms with Gasteiger partial charge in [0.05, 0.1) is 12.7 Å². The van der Waals surface area contributed by atoms with Crippen molar-refractivity contribution < 1.29 is 4.74 Å². The van der Waals surface area contributed by atoms with Gasteiger partial charge in [0.1, 0.15) is 0 Å². The van der Waals surface area contributed by atoms with E-state index >= 15 is 0 Å². The normalized spacial score (nSPS) is 21.0. The first-order valence-corrected chi connectivity index (χ1v) is 4.30. The second-order valence-corrected chi connectivity index (χ2v) is 3.39. The Morgan fingerprint density at radius 2 is 2.25 bits per heavy atom. The molecular weight excluding hydrogens is 199 g/mol. The number of hydrogen-bond acceptors (Lipinski definition) is 3. The molecule has 1 aliphatic heterocycles. The summed E-state index contributed by atoms with van der Waals surface area (Å²) in [4.78, 5) is 0. The van der Waals surface area contributed by atoms with Gasteiger partial charge in [-0.2, -0.15) is 0 Å². The number of epoxide rings is 1. The molecule has 12 heavy (non-hydrogen) atoms. The van der Waals surface area contributed by atoms with Crippen molar-refractivity contribution >= 4 is 23.2 Å². The lowest BCUT2D eigenvalue weighted by molar-refractivity contribution is 0.407. The third-order valence-corrected chi connectivity index (χ3v) is 2.14. The van der Waals surface area contributed by atoms with E-state index in [2.05, 4.69) is 10.2 Å². The molecule has 64 valence electrons. The molecule has 0 bridgehead atoms. The first kappa shape index (κ1) is 8.23. The molecule has 2 heterocycles. The second-order valence-electron chi connectivity index (χ2n) is 2.64. The minimum absolute atomic E-state index is 0.294. The average molecular weight is 205 g/mol. The summed E-state index contributed by atoms with van der Waals surface area (Å²) in [7, 11) is 0. The van der Waals surface area contributed by atoms with Crippen LogP contribution in [0.5, 0.6) is 0 Å². The molecule has 0 aromatic carbocycles. The summed E-state index contributed by atoms with van der Waals surface area (Å²) in [6, 6.07) is 1.72. The largest absolute Gasteiger partial charge is 0.373 e. The first-order chi connectivity index (χ1) is 5.75. The SMILES string of the molecule is Clc1cc(CC2CO2)c(Cl)nn1. The Hall–Kier alpha value is -0.380. The predicted octanol–water partition coefficient (Wildman–Crippen LogP) is 1.72. The highest BCUT2D eigenvalue weighted by molar-refractivity contribution is 6.31. The van der Waals surface area contributed by atoms with E-state index in [9.17, 15) is 0 Å². The van der Waals surface area contributed by atoms with Crippen LogP contribution in [0.15, 0.2) is 6.07 Å². The third-order valence-electron chi connectivity index (χ3n) is 1.64. The summed E-state index contributed by atoms with van der Waals surface area (Å²) in [6.45, 7) is 0.802. The summed E-state index contributed by atoms with van der Waals surface area (Å²) in [5.41, 5.74) is 0.902. The maximum absolute atomic E-state index is 5.78. The minimum atomic E-state index is 0.294. The van der Waals surface area contributed by atoms with Crippen LogP contribution < -0.4 is 0 Å². The van der Waals surface area contributed by atoms with E-state index in [0.717, 1.165) is 18.6 Å². The Kier molecular flexibility index (Phi) is 2.17. The molecule has 1 unspecified atom stereocenters. The third kappa shape index (κ3) is 1.86. The Morgan fingerprint density at radius 3 is 2.92 bits per heavy atom. The maximum atomic E-state index is 5.78. The van der Waals surface area contributed by atoms with Crippen LogP contribution in [0.4, 0.5) is 0 Å². The fourth-order valence-corrected chi connectivity index (χ4v) is 1.30. The first-order valence-electron chi connectivity index (χ1n) is 3.55. The van der Waals surface area contributed by atoms with E-state index in [1.165, 1.54) is 0 Å². The summed E-state index contributed by atoms with van der Waals surface area (Å²) in [6.07, 6.45) is 1.07. The molecule has 1 atom stereocenters. The molecule has 1 aromatic rings. The van der Waals surface area contributed by atoms with Gasteiger partial charge in [-0.3, -0.25) is 0 Å².